The van der Waals surface area contributed by atoms with Crippen LogP contribution in [-0.4, -0.2) is 56.4 Å². The average molecular weight is 554 g/mol. The quantitative estimate of drug-likeness (QED) is 0.248. The molecule has 3 rings (SSSR count). The van der Waals surface area contributed by atoms with Crippen molar-refractivity contribution in [2.75, 3.05) is 40.4 Å². The van der Waals surface area contributed by atoms with E-state index in [1.807, 2.05) is 18.2 Å². The summed E-state index contributed by atoms with van der Waals surface area (Å²) in [6.07, 6.45) is 2.48. The first kappa shape index (κ1) is 26.1. The largest absolute Gasteiger partial charge is 0.504 e. The molecule has 1 atom stereocenters. The van der Waals surface area contributed by atoms with Crippen molar-refractivity contribution < 1.29 is 14.6 Å². The summed E-state index contributed by atoms with van der Waals surface area (Å²) in [7, 11) is 3.23. The number of rotatable bonds is 9. The molecule has 8 heteroatoms. The zero-order valence-corrected chi connectivity index (χ0v) is 21.5. The SMILES string of the molecule is CCNC(=NCc1ccc(OC)c(O)c1)NCC(c1ccc(OC)cc1)N1CCCC1.I. The highest BCUT2D eigenvalue weighted by Crippen LogP contribution is 2.27. The summed E-state index contributed by atoms with van der Waals surface area (Å²) in [5, 5.41) is 16.8. The Kier molecular flexibility index (Phi) is 10.9. The second kappa shape index (κ2) is 13.4. The molecule has 1 fully saturated rings. The van der Waals surface area contributed by atoms with Crippen LogP contribution in [0.25, 0.3) is 0 Å². The maximum Gasteiger partial charge on any atom is 0.191 e. The van der Waals surface area contributed by atoms with Crippen LogP contribution in [0.1, 0.15) is 36.9 Å². The minimum absolute atomic E-state index is 0. The fraction of sp³-hybridized carbons (Fsp3) is 0.458. The highest BCUT2D eigenvalue weighted by molar-refractivity contribution is 14.0. The Hall–Kier alpha value is -2.20. The molecule has 0 spiro atoms. The molecule has 0 amide bonds. The van der Waals surface area contributed by atoms with E-state index in [1.165, 1.54) is 18.4 Å². The molecule has 3 N–H and O–H groups in total. The predicted molar refractivity (Wildman–Crippen MR) is 139 cm³/mol. The standard InChI is InChI=1S/C24H34N4O3.HI/c1-4-25-24(26-16-18-7-12-23(31-3)22(29)15-18)27-17-21(28-13-5-6-14-28)19-8-10-20(30-2)11-9-19;/h7-12,15,21,29H,4-6,13-14,16-17H2,1-3H3,(H2,25,26,27);1H. The first-order valence-corrected chi connectivity index (χ1v) is 10.9. The van der Waals surface area contributed by atoms with Gasteiger partial charge < -0.3 is 25.2 Å². The number of halogens is 1. The second-order valence-corrected chi connectivity index (χ2v) is 7.61. The Morgan fingerprint density at radius 3 is 2.38 bits per heavy atom. The minimum atomic E-state index is 0. The lowest BCUT2D eigenvalue weighted by molar-refractivity contribution is 0.245. The monoisotopic (exact) mass is 554 g/mol. The molecule has 1 aliphatic rings. The average Bonchev–Trinajstić information content (AvgIpc) is 3.32. The van der Waals surface area contributed by atoms with Gasteiger partial charge in [0, 0.05) is 13.1 Å². The van der Waals surface area contributed by atoms with Gasteiger partial charge in [0.25, 0.3) is 0 Å². The molecule has 1 unspecified atom stereocenters. The van der Waals surface area contributed by atoms with Gasteiger partial charge in [-0.25, -0.2) is 4.99 Å². The van der Waals surface area contributed by atoms with E-state index in [4.69, 9.17) is 14.5 Å². The highest BCUT2D eigenvalue weighted by atomic mass is 127. The van der Waals surface area contributed by atoms with E-state index < -0.39 is 0 Å². The first-order chi connectivity index (χ1) is 15.1. The number of benzene rings is 2. The second-order valence-electron chi connectivity index (χ2n) is 7.61. The molecular formula is C24H35IN4O3. The van der Waals surface area contributed by atoms with Crippen LogP contribution in [0.3, 0.4) is 0 Å². The van der Waals surface area contributed by atoms with Crippen molar-refractivity contribution in [2.24, 2.45) is 4.99 Å². The Bertz CT molecular complexity index is 855. The number of nitrogens with one attached hydrogen (secondary N) is 2. The van der Waals surface area contributed by atoms with Crippen LogP contribution >= 0.6 is 24.0 Å². The number of phenols is 1. The van der Waals surface area contributed by atoms with Gasteiger partial charge in [0.15, 0.2) is 17.5 Å². The Morgan fingerprint density at radius 1 is 1.06 bits per heavy atom. The molecule has 2 aromatic carbocycles. The van der Waals surface area contributed by atoms with Crippen LogP contribution in [0.2, 0.25) is 0 Å². The van der Waals surface area contributed by atoms with E-state index in [-0.39, 0.29) is 35.8 Å². The number of aliphatic imine (C=N–C) groups is 1. The molecule has 2 aromatic rings. The number of aromatic hydroxyl groups is 1. The maximum absolute atomic E-state index is 10.0. The summed E-state index contributed by atoms with van der Waals surface area (Å²) in [5.41, 5.74) is 2.19. The summed E-state index contributed by atoms with van der Waals surface area (Å²) < 4.78 is 10.4. The van der Waals surface area contributed by atoms with Gasteiger partial charge in [-0.3, -0.25) is 4.90 Å². The van der Waals surface area contributed by atoms with Crippen molar-refractivity contribution in [3.8, 4) is 17.2 Å². The fourth-order valence-electron chi connectivity index (χ4n) is 3.88. The van der Waals surface area contributed by atoms with Crippen molar-refractivity contribution in [1.29, 1.82) is 0 Å². The number of hydrogen-bond donors (Lipinski definition) is 3. The van der Waals surface area contributed by atoms with Gasteiger partial charge in [-0.1, -0.05) is 18.2 Å². The topological polar surface area (TPSA) is 78.4 Å². The van der Waals surface area contributed by atoms with E-state index >= 15 is 0 Å². The fourth-order valence-corrected chi connectivity index (χ4v) is 3.88. The zero-order chi connectivity index (χ0) is 22.1. The number of methoxy groups -OCH3 is 2. The summed E-state index contributed by atoms with van der Waals surface area (Å²) in [6, 6.07) is 14.0. The molecule has 32 heavy (non-hydrogen) atoms. The molecule has 176 valence electrons. The van der Waals surface area contributed by atoms with Crippen LogP contribution in [0.15, 0.2) is 47.5 Å². The molecule has 0 saturated carbocycles. The Morgan fingerprint density at radius 2 is 1.78 bits per heavy atom. The number of nitrogens with zero attached hydrogens (tertiary/aromatic N) is 2. The van der Waals surface area contributed by atoms with Crippen LogP contribution in [0, 0.1) is 0 Å². The van der Waals surface area contributed by atoms with Gasteiger partial charge in [-0.2, -0.15) is 0 Å². The lowest BCUT2D eigenvalue weighted by Gasteiger charge is -2.29. The molecule has 0 aromatic heterocycles. The lowest BCUT2D eigenvalue weighted by Crippen LogP contribution is -2.42. The minimum Gasteiger partial charge on any atom is -0.504 e. The number of ether oxygens (including phenoxy) is 2. The van der Waals surface area contributed by atoms with Gasteiger partial charge in [-0.15, -0.1) is 24.0 Å². The zero-order valence-electron chi connectivity index (χ0n) is 19.1. The highest BCUT2D eigenvalue weighted by Gasteiger charge is 2.23. The van der Waals surface area contributed by atoms with Crippen LogP contribution < -0.4 is 20.1 Å². The number of likely N-dealkylation sites (tertiary alicyclic amines) is 1. The number of guanidine groups is 1. The van der Waals surface area contributed by atoms with Gasteiger partial charge in [0.2, 0.25) is 0 Å². The van der Waals surface area contributed by atoms with Crippen molar-refractivity contribution >= 4 is 29.9 Å². The van der Waals surface area contributed by atoms with E-state index in [0.29, 0.717) is 12.3 Å². The van der Waals surface area contributed by atoms with E-state index in [1.54, 1.807) is 26.4 Å². The van der Waals surface area contributed by atoms with Gasteiger partial charge in [0.05, 0.1) is 26.8 Å². The third-order valence-electron chi connectivity index (χ3n) is 5.55. The van der Waals surface area contributed by atoms with Gasteiger partial charge in [-0.05, 0) is 68.2 Å². The van der Waals surface area contributed by atoms with Crippen LogP contribution in [-0.2, 0) is 6.54 Å². The molecule has 1 aliphatic heterocycles. The van der Waals surface area contributed by atoms with Crippen molar-refractivity contribution in [1.82, 2.24) is 15.5 Å². The molecular weight excluding hydrogens is 519 g/mol. The molecule has 1 heterocycles. The Balaban J connectivity index is 0.00000363. The van der Waals surface area contributed by atoms with E-state index in [2.05, 4.69) is 34.6 Å². The summed E-state index contributed by atoms with van der Waals surface area (Å²) >= 11 is 0. The first-order valence-electron chi connectivity index (χ1n) is 10.9. The lowest BCUT2D eigenvalue weighted by atomic mass is 10.1. The van der Waals surface area contributed by atoms with Crippen molar-refractivity contribution in [3.63, 3.8) is 0 Å². The van der Waals surface area contributed by atoms with Gasteiger partial charge >= 0.3 is 0 Å². The van der Waals surface area contributed by atoms with E-state index in [0.717, 1.165) is 43.5 Å². The third kappa shape index (κ3) is 7.16. The summed E-state index contributed by atoms with van der Waals surface area (Å²) in [6.45, 7) is 6.26. The molecule has 0 bridgehead atoms. The molecule has 1 saturated heterocycles. The maximum atomic E-state index is 10.0. The number of phenolic OH excluding ortho intramolecular Hbond substituents is 1. The summed E-state index contributed by atoms with van der Waals surface area (Å²) in [5.74, 6) is 2.22. The smallest absolute Gasteiger partial charge is 0.191 e. The third-order valence-corrected chi connectivity index (χ3v) is 5.55. The molecule has 7 nitrogen and oxygen atoms in total. The van der Waals surface area contributed by atoms with E-state index in [9.17, 15) is 5.11 Å². The molecule has 0 radical (unpaired) electrons. The number of hydrogen-bond acceptors (Lipinski definition) is 5. The normalized spacial score (nSPS) is 15.0. The predicted octanol–water partition coefficient (Wildman–Crippen LogP) is 3.92. The molecule has 0 aliphatic carbocycles. The van der Waals surface area contributed by atoms with Crippen LogP contribution in [0.5, 0.6) is 17.2 Å². The van der Waals surface area contributed by atoms with Crippen molar-refractivity contribution in [2.45, 2.75) is 32.4 Å². The van der Waals surface area contributed by atoms with Crippen molar-refractivity contribution in [3.05, 3.63) is 53.6 Å². The van der Waals surface area contributed by atoms with Crippen LogP contribution in [0.4, 0.5) is 0 Å². The summed E-state index contributed by atoms with van der Waals surface area (Å²) in [4.78, 5) is 7.23. The Labute approximate surface area is 208 Å². The van der Waals surface area contributed by atoms with Gasteiger partial charge in [0.1, 0.15) is 5.75 Å².